The molecule has 2 rings (SSSR count). The molecule has 4 nitrogen and oxygen atoms in total. The summed E-state index contributed by atoms with van der Waals surface area (Å²) >= 11 is 6.23. The van der Waals surface area contributed by atoms with Gasteiger partial charge in [0.05, 0.1) is 0 Å². The van der Waals surface area contributed by atoms with E-state index in [1.807, 2.05) is 76.2 Å². The molecule has 156 valence electrons. The summed E-state index contributed by atoms with van der Waals surface area (Å²) in [5.74, 6) is -0.224. The summed E-state index contributed by atoms with van der Waals surface area (Å²) in [7, 11) is 0. The maximum Gasteiger partial charge on any atom is 0.242 e. The lowest BCUT2D eigenvalue weighted by atomic mass is 10.1. The summed E-state index contributed by atoms with van der Waals surface area (Å²) < 4.78 is 0. The molecule has 5 heteroatoms. The first-order valence-electron chi connectivity index (χ1n) is 9.97. The van der Waals surface area contributed by atoms with Crippen molar-refractivity contribution < 1.29 is 9.59 Å². The predicted molar refractivity (Wildman–Crippen MR) is 119 cm³/mol. The third-order valence-corrected chi connectivity index (χ3v) is 5.07. The average molecular weight is 415 g/mol. The first kappa shape index (κ1) is 23.0. The SMILES string of the molecule is Cc1ccc(CN(C(=O)CCc2ccccc2Cl)C(C)C(=O)NC(C)(C)C)cc1. The van der Waals surface area contributed by atoms with Crippen molar-refractivity contribution in [3.63, 3.8) is 0 Å². The van der Waals surface area contributed by atoms with Gasteiger partial charge in [-0.2, -0.15) is 0 Å². The van der Waals surface area contributed by atoms with E-state index in [0.29, 0.717) is 24.4 Å². The molecule has 2 aromatic carbocycles. The predicted octanol–water partition coefficient (Wildman–Crippen LogP) is 4.91. The summed E-state index contributed by atoms with van der Waals surface area (Å²) in [6.07, 6.45) is 0.833. The number of amides is 2. The van der Waals surface area contributed by atoms with Gasteiger partial charge in [-0.15, -0.1) is 0 Å². The van der Waals surface area contributed by atoms with Crippen molar-refractivity contribution in [2.24, 2.45) is 0 Å². The van der Waals surface area contributed by atoms with E-state index >= 15 is 0 Å². The topological polar surface area (TPSA) is 49.4 Å². The number of nitrogens with zero attached hydrogens (tertiary/aromatic N) is 1. The number of hydrogen-bond acceptors (Lipinski definition) is 2. The van der Waals surface area contributed by atoms with Gasteiger partial charge >= 0.3 is 0 Å². The van der Waals surface area contributed by atoms with E-state index < -0.39 is 6.04 Å². The van der Waals surface area contributed by atoms with Crippen LogP contribution in [-0.4, -0.2) is 28.3 Å². The zero-order chi connectivity index (χ0) is 21.6. The molecule has 0 bridgehead atoms. The van der Waals surface area contributed by atoms with Crippen LogP contribution in [0, 0.1) is 6.92 Å². The lowest BCUT2D eigenvalue weighted by Crippen LogP contribution is -2.52. The Bertz CT molecular complexity index is 841. The molecule has 0 aliphatic carbocycles. The summed E-state index contributed by atoms with van der Waals surface area (Å²) in [4.78, 5) is 27.5. The van der Waals surface area contributed by atoms with Crippen molar-refractivity contribution in [2.45, 2.75) is 65.6 Å². The largest absolute Gasteiger partial charge is 0.350 e. The minimum atomic E-state index is -0.575. The number of aryl methyl sites for hydroxylation is 2. The molecule has 0 radical (unpaired) electrons. The minimum absolute atomic E-state index is 0.0675. The highest BCUT2D eigenvalue weighted by molar-refractivity contribution is 6.31. The summed E-state index contributed by atoms with van der Waals surface area (Å²) in [6, 6.07) is 15.0. The Morgan fingerprint density at radius 3 is 2.28 bits per heavy atom. The first-order valence-corrected chi connectivity index (χ1v) is 10.3. The van der Waals surface area contributed by atoms with Crippen molar-refractivity contribution >= 4 is 23.4 Å². The number of carbonyl (C=O) groups is 2. The van der Waals surface area contributed by atoms with Crippen LogP contribution in [0.3, 0.4) is 0 Å². The number of carbonyl (C=O) groups excluding carboxylic acids is 2. The van der Waals surface area contributed by atoms with Crippen molar-refractivity contribution in [2.75, 3.05) is 0 Å². The molecule has 1 atom stereocenters. The minimum Gasteiger partial charge on any atom is -0.350 e. The van der Waals surface area contributed by atoms with Gasteiger partial charge in [-0.05, 0) is 58.2 Å². The third-order valence-electron chi connectivity index (χ3n) is 4.71. The maximum atomic E-state index is 13.1. The number of benzene rings is 2. The first-order chi connectivity index (χ1) is 13.6. The smallest absolute Gasteiger partial charge is 0.242 e. The summed E-state index contributed by atoms with van der Waals surface area (Å²) in [6.45, 7) is 9.99. The van der Waals surface area contributed by atoms with Gasteiger partial charge in [0, 0.05) is 23.5 Å². The molecule has 29 heavy (non-hydrogen) atoms. The van der Waals surface area contributed by atoms with Gasteiger partial charge in [0.2, 0.25) is 11.8 Å². The molecule has 0 aliphatic rings. The van der Waals surface area contributed by atoms with Crippen LogP contribution in [0.5, 0.6) is 0 Å². The highest BCUT2D eigenvalue weighted by atomic mass is 35.5. The van der Waals surface area contributed by atoms with E-state index in [1.54, 1.807) is 11.8 Å². The van der Waals surface area contributed by atoms with Crippen LogP contribution in [0.1, 0.15) is 50.8 Å². The van der Waals surface area contributed by atoms with E-state index in [4.69, 9.17) is 11.6 Å². The molecule has 0 saturated heterocycles. The fraction of sp³-hybridized carbons (Fsp3) is 0.417. The number of hydrogen-bond donors (Lipinski definition) is 1. The monoisotopic (exact) mass is 414 g/mol. The quantitative estimate of drug-likeness (QED) is 0.699. The normalized spacial score (nSPS) is 12.3. The van der Waals surface area contributed by atoms with Gasteiger partial charge < -0.3 is 10.2 Å². The molecule has 0 spiro atoms. The van der Waals surface area contributed by atoms with Gasteiger partial charge in [-0.3, -0.25) is 9.59 Å². The molecule has 0 aromatic heterocycles. The molecular formula is C24H31ClN2O2. The Morgan fingerprint density at radius 2 is 1.69 bits per heavy atom. The molecule has 1 unspecified atom stereocenters. The van der Waals surface area contributed by atoms with E-state index in [0.717, 1.165) is 16.7 Å². The van der Waals surface area contributed by atoms with Crippen molar-refractivity contribution in [3.05, 3.63) is 70.2 Å². The lowest BCUT2D eigenvalue weighted by Gasteiger charge is -2.31. The van der Waals surface area contributed by atoms with Gasteiger partial charge in [0.25, 0.3) is 0 Å². The fourth-order valence-corrected chi connectivity index (χ4v) is 3.26. The van der Waals surface area contributed by atoms with Gasteiger partial charge in [0.15, 0.2) is 0 Å². The Morgan fingerprint density at radius 1 is 1.07 bits per heavy atom. The summed E-state index contributed by atoms with van der Waals surface area (Å²) in [5.41, 5.74) is 2.73. The van der Waals surface area contributed by atoms with Crippen LogP contribution >= 0.6 is 11.6 Å². The van der Waals surface area contributed by atoms with Crippen LogP contribution < -0.4 is 5.32 Å². The van der Waals surface area contributed by atoms with Crippen LogP contribution in [0.4, 0.5) is 0 Å². The second-order valence-electron chi connectivity index (χ2n) is 8.51. The maximum absolute atomic E-state index is 13.1. The standard InChI is InChI=1S/C24H31ClN2O2/c1-17-10-12-19(13-11-17)16-27(18(2)23(29)26-24(3,4)5)22(28)15-14-20-8-6-7-9-21(20)25/h6-13,18H,14-16H2,1-5H3,(H,26,29). The van der Waals surface area contributed by atoms with Crippen LogP contribution in [0.25, 0.3) is 0 Å². The van der Waals surface area contributed by atoms with Crippen molar-refractivity contribution in [3.8, 4) is 0 Å². The Labute approximate surface area is 179 Å². The highest BCUT2D eigenvalue weighted by Crippen LogP contribution is 2.19. The van der Waals surface area contributed by atoms with E-state index in [9.17, 15) is 9.59 Å². The average Bonchev–Trinajstić information content (AvgIpc) is 2.64. The van der Waals surface area contributed by atoms with Crippen molar-refractivity contribution in [1.29, 1.82) is 0 Å². The zero-order valence-corrected chi connectivity index (χ0v) is 18.7. The second kappa shape index (κ2) is 9.93. The Hall–Kier alpha value is -2.33. The molecule has 0 heterocycles. The van der Waals surface area contributed by atoms with Crippen LogP contribution in [-0.2, 0) is 22.6 Å². The van der Waals surface area contributed by atoms with Gasteiger partial charge in [0.1, 0.15) is 6.04 Å². The number of nitrogens with one attached hydrogen (secondary N) is 1. The zero-order valence-electron chi connectivity index (χ0n) is 18.0. The van der Waals surface area contributed by atoms with E-state index in [1.165, 1.54) is 0 Å². The number of rotatable bonds is 7. The van der Waals surface area contributed by atoms with E-state index in [2.05, 4.69) is 5.32 Å². The van der Waals surface area contributed by atoms with Crippen LogP contribution in [0.2, 0.25) is 5.02 Å². The summed E-state index contributed by atoms with van der Waals surface area (Å²) in [5, 5.41) is 3.63. The van der Waals surface area contributed by atoms with Gasteiger partial charge in [-0.1, -0.05) is 59.6 Å². The second-order valence-corrected chi connectivity index (χ2v) is 8.92. The molecule has 1 N–H and O–H groups in total. The molecule has 2 amide bonds. The highest BCUT2D eigenvalue weighted by Gasteiger charge is 2.28. The molecular weight excluding hydrogens is 384 g/mol. The molecule has 0 fully saturated rings. The van der Waals surface area contributed by atoms with Crippen molar-refractivity contribution in [1.82, 2.24) is 10.2 Å². The van der Waals surface area contributed by atoms with Crippen LogP contribution in [0.15, 0.2) is 48.5 Å². The van der Waals surface area contributed by atoms with Gasteiger partial charge in [-0.25, -0.2) is 0 Å². The third kappa shape index (κ3) is 7.21. The lowest BCUT2D eigenvalue weighted by molar-refractivity contribution is -0.141. The number of halogens is 1. The molecule has 0 aliphatic heterocycles. The fourth-order valence-electron chi connectivity index (χ4n) is 3.03. The molecule has 0 saturated carbocycles. The Kier molecular flexibility index (Phi) is 7.86. The molecule has 2 aromatic rings. The van der Waals surface area contributed by atoms with E-state index in [-0.39, 0.29) is 17.4 Å². The Balaban J connectivity index is 2.18.